The van der Waals surface area contributed by atoms with Crippen molar-refractivity contribution in [2.45, 2.75) is 25.0 Å². The number of benzene rings is 1. The van der Waals surface area contributed by atoms with Gasteiger partial charge in [-0.2, -0.15) is 0 Å². The minimum absolute atomic E-state index is 0.136. The average Bonchev–Trinajstić information content (AvgIpc) is 3.05. The lowest BCUT2D eigenvalue weighted by molar-refractivity contribution is -0.0413. The first-order chi connectivity index (χ1) is 9.28. The van der Waals surface area contributed by atoms with Crippen molar-refractivity contribution in [2.24, 2.45) is 5.92 Å². The SMILES string of the molecule is COc1ccc2c(c1)C(O)C(OCC1CCOC1)C2. The van der Waals surface area contributed by atoms with Gasteiger partial charge in [0.1, 0.15) is 11.9 Å². The summed E-state index contributed by atoms with van der Waals surface area (Å²) in [5.41, 5.74) is 2.09. The highest BCUT2D eigenvalue weighted by molar-refractivity contribution is 5.41. The number of ether oxygens (including phenoxy) is 3. The molecular weight excluding hydrogens is 244 g/mol. The number of methoxy groups -OCH3 is 1. The Bertz CT molecular complexity index is 440. The summed E-state index contributed by atoms with van der Waals surface area (Å²) in [5.74, 6) is 1.26. The third kappa shape index (κ3) is 2.61. The molecule has 2 aliphatic rings. The third-order valence-electron chi connectivity index (χ3n) is 4.01. The average molecular weight is 264 g/mol. The van der Waals surface area contributed by atoms with Crippen molar-refractivity contribution in [3.63, 3.8) is 0 Å². The van der Waals surface area contributed by atoms with Gasteiger partial charge in [-0.15, -0.1) is 0 Å². The van der Waals surface area contributed by atoms with E-state index < -0.39 is 6.10 Å². The second-order valence-electron chi connectivity index (χ2n) is 5.32. The molecule has 4 nitrogen and oxygen atoms in total. The van der Waals surface area contributed by atoms with Crippen LogP contribution in [0.15, 0.2) is 18.2 Å². The molecule has 3 unspecified atom stereocenters. The zero-order chi connectivity index (χ0) is 13.2. The van der Waals surface area contributed by atoms with Crippen LogP contribution in [0.5, 0.6) is 5.75 Å². The lowest BCUT2D eigenvalue weighted by Crippen LogP contribution is -2.22. The Labute approximate surface area is 113 Å². The van der Waals surface area contributed by atoms with Crippen LogP contribution in [0.2, 0.25) is 0 Å². The van der Waals surface area contributed by atoms with Gasteiger partial charge in [-0.1, -0.05) is 6.07 Å². The third-order valence-corrected chi connectivity index (χ3v) is 4.01. The molecule has 0 saturated carbocycles. The van der Waals surface area contributed by atoms with Crippen molar-refractivity contribution >= 4 is 0 Å². The van der Waals surface area contributed by atoms with E-state index in [1.165, 1.54) is 0 Å². The van der Waals surface area contributed by atoms with Crippen LogP contribution < -0.4 is 4.74 Å². The molecule has 0 aromatic heterocycles. The molecule has 1 fully saturated rings. The Morgan fingerprint density at radius 3 is 3.05 bits per heavy atom. The minimum Gasteiger partial charge on any atom is -0.497 e. The fourth-order valence-corrected chi connectivity index (χ4v) is 2.81. The van der Waals surface area contributed by atoms with Crippen molar-refractivity contribution in [1.29, 1.82) is 0 Å². The summed E-state index contributed by atoms with van der Waals surface area (Å²) >= 11 is 0. The molecule has 3 atom stereocenters. The predicted octanol–water partition coefficient (Wildman–Crippen LogP) is 1.71. The van der Waals surface area contributed by atoms with Gasteiger partial charge < -0.3 is 19.3 Å². The van der Waals surface area contributed by atoms with Crippen LogP contribution in [0.3, 0.4) is 0 Å². The first-order valence-electron chi connectivity index (χ1n) is 6.82. The van der Waals surface area contributed by atoms with Gasteiger partial charge in [0.15, 0.2) is 0 Å². The van der Waals surface area contributed by atoms with Crippen LogP contribution in [-0.2, 0) is 15.9 Å². The Morgan fingerprint density at radius 2 is 2.32 bits per heavy atom. The van der Waals surface area contributed by atoms with Gasteiger partial charge in [0.25, 0.3) is 0 Å². The van der Waals surface area contributed by atoms with E-state index in [2.05, 4.69) is 0 Å². The topological polar surface area (TPSA) is 47.9 Å². The Balaban J connectivity index is 1.63. The molecule has 1 aromatic rings. The smallest absolute Gasteiger partial charge is 0.119 e. The fourth-order valence-electron chi connectivity index (χ4n) is 2.81. The van der Waals surface area contributed by atoms with E-state index in [1.54, 1.807) is 7.11 Å². The highest BCUT2D eigenvalue weighted by atomic mass is 16.5. The number of fused-ring (bicyclic) bond motifs is 1. The van der Waals surface area contributed by atoms with Crippen molar-refractivity contribution in [2.75, 3.05) is 26.9 Å². The molecule has 3 rings (SSSR count). The Hall–Kier alpha value is -1.10. The maximum atomic E-state index is 10.3. The molecule has 1 N–H and O–H groups in total. The first kappa shape index (κ1) is 12.9. The van der Waals surface area contributed by atoms with Gasteiger partial charge in [0, 0.05) is 18.9 Å². The molecule has 1 heterocycles. The van der Waals surface area contributed by atoms with Gasteiger partial charge >= 0.3 is 0 Å². The molecule has 0 amide bonds. The zero-order valence-electron chi connectivity index (χ0n) is 11.2. The van der Waals surface area contributed by atoms with E-state index in [4.69, 9.17) is 14.2 Å². The molecule has 1 aromatic carbocycles. The summed E-state index contributed by atoms with van der Waals surface area (Å²) in [6.07, 6.45) is 1.15. The highest BCUT2D eigenvalue weighted by Crippen LogP contribution is 2.36. The van der Waals surface area contributed by atoms with Crippen LogP contribution in [0.25, 0.3) is 0 Å². The molecule has 1 saturated heterocycles. The van der Waals surface area contributed by atoms with Gasteiger partial charge in [0.2, 0.25) is 0 Å². The second-order valence-corrected chi connectivity index (χ2v) is 5.32. The number of aliphatic hydroxyl groups excluding tert-OH is 1. The van der Waals surface area contributed by atoms with E-state index in [9.17, 15) is 5.11 Å². The summed E-state index contributed by atoms with van der Waals surface area (Å²) in [4.78, 5) is 0. The quantitative estimate of drug-likeness (QED) is 0.899. The molecule has 1 aliphatic heterocycles. The summed E-state index contributed by atoms with van der Waals surface area (Å²) in [5, 5.41) is 10.3. The van der Waals surface area contributed by atoms with E-state index in [0.717, 1.165) is 42.9 Å². The van der Waals surface area contributed by atoms with E-state index in [-0.39, 0.29) is 6.10 Å². The maximum absolute atomic E-state index is 10.3. The Kier molecular flexibility index (Phi) is 3.73. The molecule has 0 spiro atoms. The lowest BCUT2D eigenvalue weighted by atomic mass is 10.1. The second kappa shape index (κ2) is 5.49. The first-order valence-corrected chi connectivity index (χ1v) is 6.82. The fraction of sp³-hybridized carbons (Fsp3) is 0.600. The molecule has 4 heteroatoms. The van der Waals surface area contributed by atoms with Gasteiger partial charge in [-0.05, 0) is 29.7 Å². The zero-order valence-corrected chi connectivity index (χ0v) is 11.2. The maximum Gasteiger partial charge on any atom is 0.119 e. The summed E-state index contributed by atoms with van der Waals surface area (Å²) in [7, 11) is 1.64. The molecule has 1 aliphatic carbocycles. The van der Waals surface area contributed by atoms with E-state index in [0.29, 0.717) is 12.5 Å². The summed E-state index contributed by atoms with van der Waals surface area (Å²) in [6, 6.07) is 5.85. The minimum atomic E-state index is -0.549. The molecular formula is C15H20O4. The number of hydrogen-bond acceptors (Lipinski definition) is 4. The lowest BCUT2D eigenvalue weighted by Gasteiger charge is -2.18. The van der Waals surface area contributed by atoms with Crippen molar-refractivity contribution in [1.82, 2.24) is 0 Å². The van der Waals surface area contributed by atoms with Crippen LogP contribution >= 0.6 is 0 Å². The van der Waals surface area contributed by atoms with E-state index in [1.807, 2.05) is 18.2 Å². The van der Waals surface area contributed by atoms with Crippen molar-refractivity contribution < 1.29 is 19.3 Å². The van der Waals surface area contributed by atoms with Gasteiger partial charge in [-0.25, -0.2) is 0 Å². The Morgan fingerprint density at radius 1 is 1.42 bits per heavy atom. The summed E-state index contributed by atoms with van der Waals surface area (Å²) in [6.45, 7) is 2.29. The summed E-state index contributed by atoms with van der Waals surface area (Å²) < 4.78 is 16.4. The highest BCUT2D eigenvalue weighted by Gasteiger charge is 2.32. The normalized spacial score (nSPS) is 29.5. The van der Waals surface area contributed by atoms with Crippen LogP contribution in [0.4, 0.5) is 0 Å². The van der Waals surface area contributed by atoms with Crippen molar-refractivity contribution in [3.05, 3.63) is 29.3 Å². The molecule has 104 valence electrons. The number of hydrogen-bond donors (Lipinski definition) is 1. The van der Waals surface area contributed by atoms with Crippen molar-refractivity contribution in [3.8, 4) is 5.75 Å². The predicted molar refractivity (Wildman–Crippen MR) is 70.3 cm³/mol. The molecule has 0 bridgehead atoms. The van der Waals surface area contributed by atoms with Gasteiger partial charge in [0.05, 0.1) is 26.4 Å². The molecule has 0 radical (unpaired) electrons. The molecule has 19 heavy (non-hydrogen) atoms. The van der Waals surface area contributed by atoms with Crippen LogP contribution in [-0.4, -0.2) is 38.1 Å². The number of aliphatic hydroxyl groups is 1. The standard InChI is InChI=1S/C15H20O4/c1-17-12-3-2-11-6-14(15(16)13(11)7-12)19-9-10-4-5-18-8-10/h2-3,7,10,14-16H,4-6,8-9H2,1H3. The monoisotopic (exact) mass is 264 g/mol. The van der Waals surface area contributed by atoms with Crippen LogP contribution in [0, 0.1) is 5.92 Å². The van der Waals surface area contributed by atoms with Gasteiger partial charge in [-0.3, -0.25) is 0 Å². The van der Waals surface area contributed by atoms with E-state index >= 15 is 0 Å². The van der Waals surface area contributed by atoms with Crippen LogP contribution in [0.1, 0.15) is 23.7 Å². The number of rotatable bonds is 4. The largest absolute Gasteiger partial charge is 0.497 e.